The lowest BCUT2D eigenvalue weighted by Gasteiger charge is -2.20. The number of benzene rings is 1. The lowest BCUT2D eigenvalue weighted by molar-refractivity contribution is -0.132. The zero-order chi connectivity index (χ0) is 14.9. The Labute approximate surface area is 126 Å². The van der Waals surface area contributed by atoms with Gasteiger partial charge < -0.3 is 10.1 Å². The van der Waals surface area contributed by atoms with E-state index in [0.29, 0.717) is 10.0 Å². The lowest BCUT2D eigenvalue weighted by atomic mass is 10.0. The second-order valence-corrected chi connectivity index (χ2v) is 5.65. The first-order valence-electron chi connectivity index (χ1n) is 5.94. The minimum absolute atomic E-state index is 0.120. The quantitative estimate of drug-likeness (QED) is 0.868. The van der Waals surface area contributed by atoms with E-state index in [4.69, 9.17) is 27.9 Å². The molecule has 1 heterocycles. The molecule has 3 amide bonds. The minimum Gasteiger partial charge on any atom is -0.382 e. The number of carbonyl (C=O) groups excluding carboxylic acids is 2. The molecule has 5 nitrogen and oxygen atoms in total. The third-order valence-corrected chi connectivity index (χ3v) is 3.84. The van der Waals surface area contributed by atoms with Crippen LogP contribution in [0.2, 0.25) is 10.0 Å². The van der Waals surface area contributed by atoms with E-state index < -0.39 is 11.6 Å². The number of nitrogens with one attached hydrogen (secondary N) is 1. The van der Waals surface area contributed by atoms with Gasteiger partial charge in [-0.2, -0.15) is 0 Å². The number of rotatable bonds is 4. The van der Waals surface area contributed by atoms with Crippen molar-refractivity contribution in [2.24, 2.45) is 0 Å². The maximum Gasteiger partial charge on any atom is 0.325 e. The van der Waals surface area contributed by atoms with E-state index in [1.807, 2.05) is 0 Å². The summed E-state index contributed by atoms with van der Waals surface area (Å²) in [5.74, 6) is -0.324. The highest BCUT2D eigenvalue weighted by Gasteiger charge is 2.47. The molecule has 0 bridgehead atoms. The summed E-state index contributed by atoms with van der Waals surface area (Å²) in [6.07, 6.45) is 0. The molecule has 1 saturated heterocycles. The van der Waals surface area contributed by atoms with Gasteiger partial charge in [0, 0.05) is 7.11 Å². The van der Waals surface area contributed by atoms with E-state index >= 15 is 0 Å². The molecule has 0 aromatic heterocycles. The molecule has 1 fully saturated rings. The largest absolute Gasteiger partial charge is 0.382 e. The summed E-state index contributed by atoms with van der Waals surface area (Å²) in [6.45, 7) is 1.89. The van der Waals surface area contributed by atoms with Crippen molar-refractivity contribution in [3.05, 3.63) is 33.8 Å². The molecule has 0 radical (unpaired) electrons. The monoisotopic (exact) mass is 316 g/mol. The summed E-state index contributed by atoms with van der Waals surface area (Å²) in [4.78, 5) is 25.3. The van der Waals surface area contributed by atoms with Crippen LogP contribution < -0.4 is 5.32 Å². The van der Waals surface area contributed by atoms with Crippen LogP contribution in [0.1, 0.15) is 12.5 Å². The van der Waals surface area contributed by atoms with Crippen molar-refractivity contribution in [3.63, 3.8) is 0 Å². The van der Waals surface area contributed by atoms with Crippen LogP contribution in [0.3, 0.4) is 0 Å². The Morgan fingerprint density at radius 1 is 1.30 bits per heavy atom. The smallest absolute Gasteiger partial charge is 0.325 e. The number of hydrogen-bond acceptors (Lipinski definition) is 3. The molecule has 1 unspecified atom stereocenters. The van der Waals surface area contributed by atoms with Crippen molar-refractivity contribution in [2.75, 3.05) is 13.7 Å². The van der Waals surface area contributed by atoms with E-state index in [9.17, 15) is 9.59 Å². The zero-order valence-electron chi connectivity index (χ0n) is 11.1. The van der Waals surface area contributed by atoms with Gasteiger partial charge in [-0.05, 0) is 24.6 Å². The van der Waals surface area contributed by atoms with Crippen LogP contribution in [-0.4, -0.2) is 36.1 Å². The average Bonchev–Trinajstić information content (AvgIpc) is 2.58. The maximum atomic E-state index is 12.3. The Kier molecular flexibility index (Phi) is 4.22. The van der Waals surface area contributed by atoms with E-state index in [1.165, 1.54) is 7.11 Å². The third-order valence-electron chi connectivity index (χ3n) is 3.10. The van der Waals surface area contributed by atoms with Crippen molar-refractivity contribution in [1.82, 2.24) is 10.2 Å². The molecule has 7 heteroatoms. The van der Waals surface area contributed by atoms with E-state index in [1.54, 1.807) is 25.1 Å². The predicted molar refractivity (Wildman–Crippen MR) is 75.8 cm³/mol. The number of ether oxygens (including phenoxy) is 1. The Hall–Kier alpha value is -1.30. The molecule has 1 atom stereocenters. The van der Waals surface area contributed by atoms with Crippen LogP contribution in [0, 0.1) is 0 Å². The molecule has 0 spiro atoms. The van der Waals surface area contributed by atoms with Gasteiger partial charge in [0.25, 0.3) is 5.91 Å². The van der Waals surface area contributed by atoms with Gasteiger partial charge in [0.15, 0.2) is 0 Å². The van der Waals surface area contributed by atoms with Crippen molar-refractivity contribution < 1.29 is 14.3 Å². The van der Waals surface area contributed by atoms with Gasteiger partial charge in [-0.25, -0.2) is 4.79 Å². The van der Waals surface area contributed by atoms with Crippen molar-refractivity contribution in [1.29, 1.82) is 0 Å². The molecule has 1 aromatic carbocycles. The van der Waals surface area contributed by atoms with Gasteiger partial charge in [-0.1, -0.05) is 29.3 Å². The van der Waals surface area contributed by atoms with Crippen LogP contribution in [0.4, 0.5) is 4.79 Å². The van der Waals surface area contributed by atoms with Gasteiger partial charge >= 0.3 is 6.03 Å². The minimum atomic E-state index is -1.03. The van der Waals surface area contributed by atoms with Crippen LogP contribution >= 0.6 is 23.2 Å². The zero-order valence-corrected chi connectivity index (χ0v) is 12.6. The van der Waals surface area contributed by atoms with Crippen molar-refractivity contribution in [2.45, 2.75) is 19.0 Å². The Morgan fingerprint density at radius 2 is 2.00 bits per heavy atom. The Morgan fingerprint density at radius 3 is 2.60 bits per heavy atom. The molecular formula is C13H14Cl2N2O3. The van der Waals surface area contributed by atoms with Crippen LogP contribution in [0.25, 0.3) is 0 Å². The Bertz CT molecular complexity index is 565. The number of methoxy groups -OCH3 is 1. The number of nitrogens with zero attached hydrogens (tertiary/aromatic N) is 1. The Balaban J connectivity index is 2.19. The lowest BCUT2D eigenvalue weighted by Crippen LogP contribution is -2.47. The molecule has 1 aromatic rings. The third kappa shape index (κ3) is 2.75. The fourth-order valence-corrected chi connectivity index (χ4v) is 2.42. The SMILES string of the molecule is COCC1(C)NC(=O)N(Cc2ccc(Cl)c(Cl)c2)C1=O. The fraction of sp³-hybridized carbons (Fsp3) is 0.385. The second-order valence-electron chi connectivity index (χ2n) is 4.84. The van der Waals surface area contributed by atoms with Crippen molar-refractivity contribution >= 4 is 35.1 Å². The standard InChI is InChI=1S/C13H14Cl2N2O3/c1-13(7-20-2)11(18)17(12(19)16-13)6-8-3-4-9(14)10(15)5-8/h3-5H,6-7H2,1-2H3,(H,16,19). The second kappa shape index (κ2) is 5.60. The highest BCUT2D eigenvalue weighted by Crippen LogP contribution is 2.25. The molecule has 1 aliphatic rings. The first kappa shape index (κ1) is 15.1. The summed E-state index contributed by atoms with van der Waals surface area (Å²) in [6, 6.07) is 4.55. The highest BCUT2D eigenvalue weighted by atomic mass is 35.5. The summed E-state index contributed by atoms with van der Waals surface area (Å²) in [5, 5.41) is 3.44. The maximum absolute atomic E-state index is 12.3. The van der Waals surface area contributed by atoms with E-state index in [-0.39, 0.29) is 19.1 Å². The highest BCUT2D eigenvalue weighted by molar-refractivity contribution is 6.42. The van der Waals surface area contributed by atoms with Crippen LogP contribution in [0.5, 0.6) is 0 Å². The van der Waals surface area contributed by atoms with E-state index in [2.05, 4.69) is 5.32 Å². The molecule has 0 saturated carbocycles. The number of imide groups is 1. The van der Waals surface area contributed by atoms with E-state index in [0.717, 1.165) is 10.5 Å². The first-order valence-corrected chi connectivity index (χ1v) is 6.70. The molecule has 2 rings (SSSR count). The number of carbonyl (C=O) groups is 2. The normalized spacial score (nSPS) is 22.3. The summed E-state index contributed by atoms with van der Waals surface area (Å²) >= 11 is 11.8. The van der Waals surface area contributed by atoms with Crippen molar-refractivity contribution in [3.8, 4) is 0 Å². The summed E-state index contributed by atoms with van der Waals surface area (Å²) < 4.78 is 4.98. The summed E-state index contributed by atoms with van der Waals surface area (Å²) in [5.41, 5.74) is -0.299. The van der Waals surface area contributed by atoms with Crippen LogP contribution in [-0.2, 0) is 16.1 Å². The van der Waals surface area contributed by atoms with Gasteiger partial charge in [-0.15, -0.1) is 0 Å². The number of amides is 3. The van der Waals surface area contributed by atoms with Gasteiger partial charge in [-0.3, -0.25) is 9.69 Å². The van der Waals surface area contributed by atoms with Gasteiger partial charge in [0.1, 0.15) is 5.54 Å². The summed E-state index contributed by atoms with van der Waals surface area (Å²) in [7, 11) is 1.48. The molecule has 20 heavy (non-hydrogen) atoms. The molecule has 0 aliphatic carbocycles. The number of urea groups is 1. The van der Waals surface area contributed by atoms with Gasteiger partial charge in [0.05, 0.1) is 23.2 Å². The topological polar surface area (TPSA) is 58.6 Å². The number of hydrogen-bond donors (Lipinski definition) is 1. The molecule has 1 N–H and O–H groups in total. The number of halogens is 2. The predicted octanol–water partition coefficient (Wildman–Crippen LogP) is 2.45. The van der Waals surface area contributed by atoms with Crippen LogP contribution in [0.15, 0.2) is 18.2 Å². The molecule has 1 aliphatic heterocycles. The average molecular weight is 317 g/mol. The fourth-order valence-electron chi connectivity index (χ4n) is 2.10. The molecule has 108 valence electrons. The first-order chi connectivity index (χ1) is 9.37. The van der Waals surface area contributed by atoms with Gasteiger partial charge in [0.2, 0.25) is 0 Å². The molecular weight excluding hydrogens is 303 g/mol.